The molecule has 0 bridgehead atoms. The molecule has 0 heterocycles. The van der Waals surface area contributed by atoms with Gasteiger partial charge in [-0.2, -0.15) is 0 Å². The molecule has 2 unspecified atom stereocenters. The van der Waals surface area contributed by atoms with E-state index in [4.69, 9.17) is 0 Å². The molecule has 0 radical (unpaired) electrons. The molecule has 0 N–H and O–H groups in total. The molecule has 3 saturated carbocycles. The molecule has 3 aliphatic rings. The van der Waals surface area contributed by atoms with Crippen LogP contribution in [-0.2, 0) is 0 Å². The lowest BCUT2D eigenvalue weighted by Gasteiger charge is -2.22. The van der Waals surface area contributed by atoms with Crippen molar-refractivity contribution in [2.75, 3.05) is 0 Å². The third-order valence-electron chi connectivity index (χ3n) is 8.37. The molecule has 0 heteroatoms. The second kappa shape index (κ2) is 26.3. The minimum Gasteiger partial charge on any atom is -0.0625 e. The minimum absolute atomic E-state index is 1.01. The Morgan fingerprint density at radius 2 is 0.690 bits per heavy atom. The Hall–Kier alpha value is -2.34. The summed E-state index contributed by atoms with van der Waals surface area (Å²) in [5, 5.41) is 0. The van der Waals surface area contributed by atoms with Crippen molar-refractivity contribution in [2.24, 2.45) is 17.8 Å². The lowest BCUT2D eigenvalue weighted by molar-refractivity contribution is 0.301. The van der Waals surface area contributed by atoms with Crippen molar-refractivity contribution < 1.29 is 0 Å². The summed E-state index contributed by atoms with van der Waals surface area (Å²) < 4.78 is 0. The highest BCUT2D eigenvalue weighted by Crippen LogP contribution is 2.27. The van der Waals surface area contributed by atoms with E-state index in [9.17, 15) is 0 Å². The van der Waals surface area contributed by atoms with Crippen molar-refractivity contribution in [1.29, 1.82) is 0 Å². The lowest BCUT2D eigenvalue weighted by Crippen LogP contribution is -2.09. The Kier molecular flexibility index (Phi) is 23.6. The van der Waals surface area contributed by atoms with E-state index < -0.39 is 0 Å². The smallest absolute Gasteiger partial charge is 0.0398 e. The van der Waals surface area contributed by atoms with Crippen molar-refractivity contribution in [3.05, 3.63) is 108 Å². The summed E-state index contributed by atoms with van der Waals surface area (Å²) in [4.78, 5) is 0. The van der Waals surface area contributed by atoms with Crippen LogP contribution in [0.5, 0.6) is 0 Å². The van der Waals surface area contributed by atoms with E-state index in [1.54, 1.807) is 0 Å². The summed E-state index contributed by atoms with van der Waals surface area (Å²) in [5.74, 6) is 3.06. The van der Waals surface area contributed by atoms with Gasteiger partial charge in [0.05, 0.1) is 0 Å². The molecule has 2 atom stereocenters. The van der Waals surface area contributed by atoms with Crippen molar-refractivity contribution >= 4 is 0 Å². The molecule has 0 nitrogen and oxygen atoms in total. The zero-order chi connectivity index (χ0) is 30.7. The largest absolute Gasteiger partial charge is 0.0625 e. The maximum Gasteiger partial charge on any atom is -0.0398 e. The van der Waals surface area contributed by atoms with E-state index >= 15 is 0 Å². The normalized spacial score (nSPS) is 19.6. The van der Waals surface area contributed by atoms with Gasteiger partial charge in [0, 0.05) is 0 Å². The topological polar surface area (TPSA) is 0 Å². The Morgan fingerprint density at radius 3 is 0.929 bits per heavy atom. The Bertz CT molecular complexity index is 871. The molecule has 0 saturated heterocycles. The third kappa shape index (κ3) is 24.3. The van der Waals surface area contributed by atoms with Crippen LogP contribution in [0, 0.1) is 38.5 Å². The second-order valence-corrected chi connectivity index (χ2v) is 13.2. The Morgan fingerprint density at radius 1 is 0.357 bits per heavy atom. The molecule has 6 rings (SSSR count). The van der Waals surface area contributed by atoms with E-state index in [1.807, 2.05) is 54.6 Å². The van der Waals surface area contributed by atoms with E-state index in [0.717, 1.165) is 17.8 Å². The van der Waals surface area contributed by atoms with Crippen LogP contribution in [0.25, 0.3) is 0 Å². The van der Waals surface area contributed by atoms with Crippen molar-refractivity contribution in [2.45, 2.75) is 138 Å². The minimum atomic E-state index is 1.01. The molecule has 3 aliphatic carbocycles. The predicted molar refractivity (Wildman–Crippen MR) is 190 cm³/mol. The number of hydrogen-bond donors (Lipinski definition) is 0. The number of aryl methyl sites for hydroxylation is 3. The van der Waals surface area contributed by atoms with Crippen molar-refractivity contribution in [3.63, 3.8) is 0 Å². The molecule has 0 amide bonds. The zero-order valence-corrected chi connectivity index (χ0v) is 28.5. The van der Waals surface area contributed by atoms with Gasteiger partial charge in [0.1, 0.15) is 0 Å². The van der Waals surface area contributed by atoms with Gasteiger partial charge in [-0.05, 0) is 44.9 Å². The summed E-state index contributed by atoms with van der Waals surface area (Å²) in [6, 6.07) is 30.7. The molecule has 3 aromatic rings. The van der Waals surface area contributed by atoms with Gasteiger partial charge in [0.2, 0.25) is 0 Å². The van der Waals surface area contributed by atoms with Crippen LogP contribution in [0.3, 0.4) is 0 Å². The van der Waals surface area contributed by atoms with Gasteiger partial charge >= 0.3 is 0 Å². The monoisotopic (exact) mass is 571 g/mol. The van der Waals surface area contributed by atoms with Gasteiger partial charge in [-0.15, -0.1) is 0 Å². The van der Waals surface area contributed by atoms with E-state index in [1.165, 1.54) is 113 Å². The molecule has 42 heavy (non-hydrogen) atoms. The zero-order valence-electron chi connectivity index (χ0n) is 28.5. The van der Waals surface area contributed by atoms with Gasteiger partial charge in [0.15, 0.2) is 0 Å². The van der Waals surface area contributed by atoms with Crippen LogP contribution in [0.2, 0.25) is 0 Å². The average Bonchev–Trinajstić information content (AvgIpc) is 3.01. The van der Waals surface area contributed by atoms with E-state index in [0.29, 0.717) is 0 Å². The summed E-state index contributed by atoms with van der Waals surface area (Å²) in [7, 11) is 0. The predicted octanol–water partition coefficient (Wildman–Crippen LogP) is 13.7. The molecule has 234 valence electrons. The molecule has 0 spiro atoms. The number of hydrogen-bond acceptors (Lipinski definition) is 0. The molecule has 3 aromatic carbocycles. The molecule has 0 aliphatic heterocycles. The highest BCUT2D eigenvalue weighted by molar-refractivity contribution is 5.20. The SMILES string of the molecule is C1CCCCC1.CC1CCCC(C)C1.CC1CCCCC1.Cc1cccc(C)c1.Cc1ccccc1.c1ccccc1. The van der Waals surface area contributed by atoms with Crippen LogP contribution in [0.4, 0.5) is 0 Å². The quantitative estimate of drug-likeness (QED) is 0.252. The first kappa shape index (κ1) is 37.7. The van der Waals surface area contributed by atoms with Gasteiger partial charge < -0.3 is 0 Å². The fourth-order valence-corrected chi connectivity index (χ4v) is 5.83. The highest BCUT2D eigenvalue weighted by Gasteiger charge is 2.13. The van der Waals surface area contributed by atoms with Crippen LogP contribution >= 0.6 is 0 Å². The lowest BCUT2D eigenvalue weighted by atomic mass is 9.84. The van der Waals surface area contributed by atoms with Crippen molar-refractivity contribution in [3.8, 4) is 0 Å². The summed E-state index contributed by atoms with van der Waals surface area (Å²) >= 11 is 0. The first-order valence-electron chi connectivity index (χ1n) is 17.4. The first-order chi connectivity index (χ1) is 20.4. The van der Waals surface area contributed by atoms with Gasteiger partial charge in [0.25, 0.3) is 0 Å². The molecular formula is C42H66. The Labute approximate surface area is 262 Å². The van der Waals surface area contributed by atoms with Crippen molar-refractivity contribution in [1.82, 2.24) is 0 Å². The average molecular weight is 571 g/mol. The summed E-state index contributed by atoms with van der Waals surface area (Å²) in [6.07, 6.45) is 22.3. The highest BCUT2D eigenvalue weighted by atomic mass is 14.2. The van der Waals surface area contributed by atoms with Crippen LogP contribution in [-0.4, -0.2) is 0 Å². The summed E-state index contributed by atoms with van der Waals surface area (Å²) in [5.41, 5.74) is 4.00. The summed E-state index contributed by atoms with van der Waals surface area (Å²) in [6.45, 7) is 13.4. The van der Waals surface area contributed by atoms with Crippen LogP contribution in [0.15, 0.2) is 91.0 Å². The molecule has 3 fully saturated rings. The van der Waals surface area contributed by atoms with Gasteiger partial charge in [-0.3, -0.25) is 0 Å². The fourth-order valence-electron chi connectivity index (χ4n) is 5.83. The second-order valence-electron chi connectivity index (χ2n) is 13.2. The molecule has 0 aromatic heterocycles. The van der Waals surface area contributed by atoms with Gasteiger partial charge in [-0.1, -0.05) is 218 Å². The maximum atomic E-state index is 2.37. The number of benzene rings is 3. The maximum absolute atomic E-state index is 2.37. The van der Waals surface area contributed by atoms with E-state index in [2.05, 4.69) is 77.9 Å². The van der Waals surface area contributed by atoms with Crippen LogP contribution < -0.4 is 0 Å². The van der Waals surface area contributed by atoms with E-state index in [-0.39, 0.29) is 0 Å². The number of rotatable bonds is 0. The molecular weight excluding hydrogens is 504 g/mol. The Balaban J connectivity index is 0.000000253. The van der Waals surface area contributed by atoms with Crippen LogP contribution in [0.1, 0.15) is 134 Å². The standard InChI is InChI=1S/C8H16.C8H10.C7H14.C7H8.C6H12.C6H6/c2*1-7-4-3-5-8(2)6-7;2*1-7-5-3-2-4-6-7;2*1-2-4-6-5-3-1/h7-8H,3-6H2,1-2H3;3-6H,1-2H3;7H,2-6H2,1H3;2-6H,1H3;1-6H2;1-6H. The fraction of sp³-hybridized carbons (Fsp3) is 0.571. The first-order valence-corrected chi connectivity index (χ1v) is 17.4. The van der Waals surface area contributed by atoms with Gasteiger partial charge in [-0.25, -0.2) is 0 Å². The third-order valence-corrected chi connectivity index (χ3v) is 8.37.